The Hall–Kier alpha value is 1.59. The van der Waals surface area contributed by atoms with Gasteiger partial charge in [-0.1, -0.05) is 87.4 Å². The van der Waals surface area contributed by atoms with Crippen molar-refractivity contribution < 1.29 is 0 Å². The standard InChI is InChI=1S/C5H5NS.C2Cl6S/c7-5-3-1-2-4-6-5;3-1(4,5)9-2(6,7)8/h1-4H,(H,6,7);. The SMILES string of the molecule is ClC(Cl)(Cl)SC(Cl)(Cl)Cl.Sc1ccccn1. The van der Waals surface area contributed by atoms with E-state index in [2.05, 4.69) is 17.6 Å². The van der Waals surface area contributed by atoms with Crippen LogP contribution < -0.4 is 0 Å². The highest BCUT2D eigenvalue weighted by atomic mass is 35.6. The average Bonchev–Trinajstić information content (AvgIpc) is 1.99. The van der Waals surface area contributed by atoms with Gasteiger partial charge in [0.05, 0.1) is 5.03 Å². The Kier molecular flexibility index (Phi) is 8.69. The molecule has 0 N–H and O–H groups in total. The van der Waals surface area contributed by atoms with E-state index < -0.39 is 6.25 Å². The van der Waals surface area contributed by atoms with Crippen molar-refractivity contribution in [3.63, 3.8) is 0 Å². The summed E-state index contributed by atoms with van der Waals surface area (Å²) in [7, 11) is 0. The molecule has 0 fully saturated rings. The monoisotopic (exact) mass is 377 g/mol. The van der Waals surface area contributed by atoms with Crippen molar-refractivity contribution in [1.82, 2.24) is 4.98 Å². The number of rotatable bonds is 0. The number of alkyl halides is 6. The molecular weight excluding hydrogens is 375 g/mol. The van der Waals surface area contributed by atoms with Crippen LogP contribution in [-0.4, -0.2) is 11.2 Å². The van der Waals surface area contributed by atoms with E-state index in [0.29, 0.717) is 11.8 Å². The van der Waals surface area contributed by atoms with Crippen molar-refractivity contribution in [2.75, 3.05) is 0 Å². The Balaban J connectivity index is 0.000000288. The molecule has 1 nitrogen and oxygen atoms in total. The fraction of sp³-hybridized carbons (Fsp3) is 0.286. The van der Waals surface area contributed by atoms with Crippen LogP contribution in [0.15, 0.2) is 29.4 Å². The molecule has 0 saturated heterocycles. The van der Waals surface area contributed by atoms with Gasteiger partial charge in [0.25, 0.3) is 0 Å². The molecule has 16 heavy (non-hydrogen) atoms. The van der Waals surface area contributed by atoms with Gasteiger partial charge in [-0.15, -0.1) is 12.6 Å². The maximum Gasteiger partial charge on any atom is 0.241 e. The van der Waals surface area contributed by atoms with Crippen molar-refractivity contribution in [2.45, 2.75) is 11.3 Å². The summed E-state index contributed by atoms with van der Waals surface area (Å²) < 4.78 is -3.16. The third-order valence-corrected chi connectivity index (χ3v) is 3.00. The zero-order chi connectivity index (χ0) is 12.8. The number of thiol groups is 1. The maximum atomic E-state index is 5.26. The fourth-order valence-electron chi connectivity index (χ4n) is 0.485. The van der Waals surface area contributed by atoms with E-state index in [-0.39, 0.29) is 0 Å². The second-order valence-corrected chi connectivity index (χ2v) is 9.98. The molecule has 0 radical (unpaired) electrons. The lowest BCUT2D eigenvalue weighted by Crippen LogP contribution is -2.04. The molecule has 0 bridgehead atoms. The topological polar surface area (TPSA) is 12.9 Å². The molecule has 1 aromatic rings. The number of hydrogen-bond acceptors (Lipinski definition) is 3. The average molecular weight is 380 g/mol. The van der Waals surface area contributed by atoms with Crippen LogP contribution in [0.5, 0.6) is 0 Å². The van der Waals surface area contributed by atoms with Crippen LogP contribution in [0.4, 0.5) is 0 Å². The van der Waals surface area contributed by atoms with E-state index in [9.17, 15) is 0 Å². The molecule has 1 rings (SSSR count). The van der Waals surface area contributed by atoms with Crippen molar-refractivity contribution >= 4 is 94.0 Å². The predicted molar refractivity (Wildman–Crippen MR) is 79.7 cm³/mol. The summed E-state index contributed by atoms with van der Waals surface area (Å²) in [5, 5.41) is 0.766. The summed E-state index contributed by atoms with van der Waals surface area (Å²) in [4.78, 5) is 3.84. The Bertz CT molecular complexity index is 284. The molecule has 92 valence electrons. The molecule has 0 amide bonds. The third kappa shape index (κ3) is 13.7. The molecule has 0 aliphatic rings. The summed E-state index contributed by atoms with van der Waals surface area (Å²) in [6.07, 6.45) is 1.71. The summed E-state index contributed by atoms with van der Waals surface area (Å²) in [5.74, 6) is 0. The van der Waals surface area contributed by atoms with Crippen LogP contribution in [0.2, 0.25) is 0 Å². The van der Waals surface area contributed by atoms with Crippen LogP contribution in [0.25, 0.3) is 0 Å². The Morgan fingerprint density at radius 3 is 1.62 bits per heavy atom. The van der Waals surface area contributed by atoms with Crippen molar-refractivity contribution in [3.8, 4) is 0 Å². The van der Waals surface area contributed by atoms with E-state index in [1.807, 2.05) is 18.2 Å². The van der Waals surface area contributed by atoms with Gasteiger partial charge >= 0.3 is 0 Å². The number of hydrogen-bond donors (Lipinski definition) is 1. The normalized spacial score (nSPS) is 11.7. The first-order valence-corrected chi connectivity index (χ1v) is 7.07. The van der Waals surface area contributed by atoms with Gasteiger partial charge in [0.1, 0.15) is 0 Å². The van der Waals surface area contributed by atoms with E-state index in [1.54, 1.807) is 6.20 Å². The maximum absolute atomic E-state index is 5.26. The van der Waals surface area contributed by atoms with E-state index >= 15 is 0 Å². The highest BCUT2D eigenvalue weighted by molar-refractivity contribution is 8.09. The Morgan fingerprint density at radius 1 is 1.00 bits per heavy atom. The molecular formula is C7H5Cl6NS2. The molecule has 0 aliphatic carbocycles. The molecule has 0 unspecified atom stereocenters. The minimum Gasteiger partial charge on any atom is -0.250 e. The first-order valence-electron chi connectivity index (χ1n) is 3.54. The number of nitrogens with zero attached hydrogens (tertiary/aromatic N) is 1. The molecule has 1 heterocycles. The van der Waals surface area contributed by atoms with Crippen LogP contribution in [0, 0.1) is 0 Å². The van der Waals surface area contributed by atoms with Gasteiger partial charge in [-0.05, 0) is 12.1 Å². The first kappa shape index (κ1) is 17.6. The Morgan fingerprint density at radius 2 is 1.50 bits per heavy atom. The minimum atomic E-state index is -1.58. The van der Waals surface area contributed by atoms with Crippen LogP contribution in [0.3, 0.4) is 0 Å². The van der Waals surface area contributed by atoms with E-state index in [4.69, 9.17) is 69.6 Å². The quantitative estimate of drug-likeness (QED) is 0.455. The summed E-state index contributed by atoms with van der Waals surface area (Å²) >= 11 is 36.1. The smallest absolute Gasteiger partial charge is 0.241 e. The highest BCUT2D eigenvalue weighted by Gasteiger charge is 2.33. The van der Waals surface area contributed by atoms with E-state index in [0.717, 1.165) is 5.03 Å². The third-order valence-electron chi connectivity index (χ3n) is 0.881. The van der Waals surface area contributed by atoms with Crippen molar-refractivity contribution in [3.05, 3.63) is 24.4 Å². The lowest BCUT2D eigenvalue weighted by atomic mass is 10.5. The van der Waals surface area contributed by atoms with Gasteiger partial charge in [0, 0.05) is 6.20 Å². The number of aromatic nitrogens is 1. The van der Waals surface area contributed by atoms with E-state index in [1.165, 1.54) is 0 Å². The molecule has 0 atom stereocenters. The zero-order valence-electron chi connectivity index (χ0n) is 7.38. The molecule has 0 aromatic carbocycles. The van der Waals surface area contributed by atoms with Crippen molar-refractivity contribution in [1.29, 1.82) is 0 Å². The lowest BCUT2D eigenvalue weighted by molar-refractivity contribution is 1.14. The van der Waals surface area contributed by atoms with Gasteiger partial charge in [-0.2, -0.15) is 0 Å². The van der Waals surface area contributed by atoms with Gasteiger partial charge in [-0.25, -0.2) is 0 Å². The second kappa shape index (κ2) is 7.90. The van der Waals surface area contributed by atoms with Gasteiger partial charge < -0.3 is 0 Å². The lowest BCUT2D eigenvalue weighted by Gasteiger charge is -2.15. The summed E-state index contributed by atoms with van der Waals surface area (Å²) in [5.41, 5.74) is 0. The molecule has 1 aromatic heterocycles. The van der Waals surface area contributed by atoms with Gasteiger partial charge in [0.15, 0.2) is 0 Å². The minimum absolute atomic E-state index is 0.606. The summed E-state index contributed by atoms with van der Waals surface area (Å²) in [6.45, 7) is 0. The molecule has 0 aliphatic heterocycles. The number of pyridine rings is 1. The first-order chi connectivity index (χ1) is 7.10. The molecule has 0 spiro atoms. The fourth-order valence-corrected chi connectivity index (χ4v) is 4.05. The molecule has 0 saturated carbocycles. The number of thioether (sulfide) groups is 1. The van der Waals surface area contributed by atoms with Crippen LogP contribution in [0.1, 0.15) is 0 Å². The van der Waals surface area contributed by atoms with Crippen LogP contribution in [-0.2, 0) is 0 Å². The number of halogens is 6. The molecule has 9 heteroatoms. The zero-order valence-corrected chi connectivity index (χ0v) is 13.6. The Labute approximate surface area is 133 Å². The highest BCUT2D eigenvalue weighted by Crippen LogP contribution is 2.52. The van der Waals surface area contributed by atoms with Crippen LogP contribution >= 0.6 is 94.0 Å². The van der Waals surface area contributed by atoms with Gasteiger partial charge in [0.2, 0.25) is 6.25 Å². The summed E-state index contributed by atoms with van der Waals surface area (Å²) in [6, 6.07) is 5.60. The van der Waals surface area contributed by atoms with Gasteiger partial charge in [-0.3, -0.25) is 4.98 Å². The second-order valence-electron chi connectivity index (χ2n) is 2.18. The predicted octanol–water partition coefficient (Wildman–Crippen LogP) is 5.75. The van der Waals surface area contributed by atoms with Crippen molar-refractivity contribution in [2.24, 2.45) is 0 Å². The largest absolute Gasteiger partial charge is 0.250 e.